The van der Waals surface area contributed by atoms with Gasteiger partial charge in [0.2, 0.25) is 5.60 Å². The van der Waals surface area contributed by atoms with Crippen LogP contribution in [-0.2, 0) is 9.31 Å². The summed E-state index contributed by atoms with van der Waals surface area (Å²) in [6, 6.07) is 32.4. The van der Waals surface area contributed by atoms with Gasteiger partial charge < -0.3 is 9.31 Å². The van der Waals surface area contributed by atoms with Crippen molar-refractivity contribution in [3.05, 3.63) is 97.9 Å². The van der Waals surface area contributed by atoms with Crippen molar-refractivity contribution in [1.29, 1.82) is 0 Å². The van der Waals surface area contributed by atoms with Crippen LogP contribution in [-0.4, -0.2) is 18.3 Å². The lowest BCUT2D eigenvalue weighted by Gasteiger charge is -2.25. The Hall–Kier alpha value is -3.05. The van der Waals surface area contributed by atoms with Crippen LogP contribution in [0.2, 0.25) is 0 Å². The van der Waals surface area contributed by atoms with Gasteiger partial charge in [-0.2, -0.15) is 0 Å². The van der Waals surface area contributed by atoms with Crippen molar-refractivity contribution in [2.24, 2.45) is 0 Å². The van der Waals surface area contributed by atoms with Gasteiger partial charge >= 0.3 is 7.12 Å². The van der Waals surface area contributed by atoms with Crippen molar-refractivity contribution in [2.75, 3.05) is 0 Å². The van der Waals surface area contributed by atoms with Crippen molar-refractivity contribution < 1.29 is 9.31 Å². The van der Waals surface area contributed by atoms with Gasteiger partial charge in [0.05, 0.1) is 6.92 Å². The van der Waals surface area contributed by atoms with E-state index in [-0.39, 0.29) is 0 Å². The molecule has 0 bridgehead atoms. The molecule has 1 aromatic heterocycles. The molecule has 1 aliphatic rings. The highest BCUT2D eigenvalue weighted by atomic mass is 32.1. The highest BCUT2D eigenvalue weighted by molar-refractivity contribution is 7.26. The monoisotopic (exact) mass is 461 g/mol. The SMILES string of the molecule is [CH2+]C1(C)OB(c2cc(-c3ccccc3)cc(-c3cccc4c3sc3ccccc34)c2)OC1(C)C. The van der Waals surface area contributed by atoms with Crippen molar-refractivity contribution >= 4 is 44.1 Å². The highest BCUT2D eigenvalue weighted by Gasteiger charge is 2.57. The standard InChI is InChI=1S/C30H26BO2S/c1-29(2)30(3,4)33-31(32-29)23-18-21(20-11-6-5-7-12-20)17-22(19-23)24-14-10-15-26-25-13-8-9-16-27(25)34-28(24)26/h5-19H,1H2,2-4H3/q+1. The van der Waals surface area contributed by atoms with Crippen molar-refractivity contribution in [3.8, 4) is 22.3 Å². The highest BCUT2D eigenvalue weighted by Crippen LogP contribution is 2.41. The largest absolute Gasteiger partial charge is 0.498 e. The van der Waals surface area contributed by atoms with Crippen LogP contribution in [0, 0.1) is 6.92 Å². The Bertz CT molecular complexity index is 1500. The number of hydrogen-bond donors (Lipinski definition) is 0. The van der Waals surface area contributed by atoms with Gasteiger partial charge in [-0.15, -0.1) is 11.3 Å². The summed E-state index contributed by atoms with van der Waals surface area (Å²) in [5.41, 5.74) is 4.59. The number of fused-ring (bicyclic) bond motifs is 3. The van der Waals surface area contributed by atoms with Crippen LogP contribution in [0.1, 0.15) is 20.8 Å². The van der Waals surface area contributed by atoms with E-state index < -0.39 is 18.3 Å². The van der Waals surface area contributed by atoms with Gasteiger partial charge in [-0.25, -0.2) is 0 Å². The first-order chi connectivity index (χ1) is 16.3. The van der Waals surface area contributed by atoms with Gasteiger partial charge in [-0.1, -0.05) is 78.9 Å². The lowest BCUT2D eigenvalue weighted by molar-refractivity contribution is 0.0262. The van der Waals surface area contributed by atoms with E-state index in [0.29, 0.717) is 0 Å². The summed E-state index contributed by atoms with van der Waals surface area (Å²) in [6.45, 7) is 10.4. The van der Waals surface area contributed by atoms with Gasteiger partial charge in [0.15, 0.2) is 0 Å². The number of benzene rings is 4. The van der Waals surface area contributed by atoms with Crippen LogP contribution in [0.3, 0.4) is 0 Å². The molecule has 0 amide bonds. The first-order valence-corrected chi connectivity index (χ1v) is 12.5. The summed E-state index contributed by atoms with van der Waals surface area (Å²) in [5, 5.41) is 2.60. The summed E-state index contributed by atoms with van der Waals surface area (Å²) in [6.07, 6.45) is 0. The van der Waals surface area contributed by atoms with Crippen LogP contribution in [0.4, 0.5) is 0 Å². The maximum atomic E-state index is 6.39. The normalized spacial score (nSPS) is 19.8. The number of rotatable bonds is 3. The molecule has 1 fully saturated rings. The molecule has 1 atom stereocenters. The molecule has 4 heteroatoms. The van der Waals surface area contributed by atoms with Crippen LogP contribution in [0.5, 0.6) is 0 Å². The third-order valence-corrected chi connectivity index (χ3v) is 8.31. The second-order valence-corrected chi connectivity index (χ2v) is 10.9. The molecule has 0 spiro atoms. The lowest BCUT2D eigenvalue weighted by Crippen LogP contribution is -2.42. The van der Waals surface area contributed by atoms with Gasteiger partial charge in [0.25, 0.3) is 0 Å². The average molecular weight is 461 g/mol. The molecule has 2 heterocycles. The summed E-state index contributed by atoms with van der Waals surface area (Å²) in [7, 11) is -0.471. The molecule has 6 rings (SSSR count). The predicted molar refractivity (Wildman–Crippen MR) is 146 cm³/mol. The molecule has 0 saturated carbocycles. The Morgan fingerprint density at radius 2 is 1.41 bits per heavy atom. The van der Waals surface area contributed by atoms with Crippen LogP contribution in [0.15, 0.2) is 91.0 Å². The fraction of sp³-hybridized carbons (Fsp3) is 0.167. The molecule has 4 aromatic carbocycles. The molecule has 166 valence electrons. The van der Waals surface area contributed by atoms with E-state index in [1.165, 1.54) is 31.3 Å². The Morgan fingerprint density at radius 1 is 0.706 bits per heavy atom. The fourth-order valence-electron chi connectivity index (χ4n) is 4.65. The van der Waals surface area contributed by atoms with Gasteiger partial charge in [-0.3, -0.25) is 0 Å². The van der Waals surface area contributed by atoms with E-state index in [0.717, 1.165) is 16.6 Å². The maximum absolute atomic E-state index is 6.39. The van der Waals surface area contributed by atoms with E-state index in [9.17, 15) is 0 Å². The van der Waals surface area contributed by atoms with E-state index in [1.807, 2.05) is 38.2 Å². The second-order valence-electron chi connectivity index (χ2n) is 9.80. The van der Waals surface area contributed by atoms with Gasteiger partial charge in [-0.05, 0) is 53.7 Å². The topological polar surface area (TPSA) is 18.5 Å². The zero-order chi connectivity index (χ0) is 23.5. The molecule has 34 heavy (non-hydrogen) atoms. The van der Waals surface area contributed by atoms with Gasteiger partial charge in [0.1, 0.15) is 5.60 Å². The van der Waals surface area contributed by atoms with E-state index in [2.05, 4.69) is 91.9 Å². The van der Waals surface area contributed by atoms with Gasteiger partial charge in [0, 0.05) is 27.1 Å². The van der Waals surface area contributed by atoms with Crippen molar-refractivity contribution in [1.82, 2.24) is 0 Å². The molecule has 5 aromatic rings. The van der Waals surface area contributed by atoms with Crippen molar-refractivity contribution in [3.63, 3.8) is 0 Å². The first kappa shape index (κ1) is 21.5. The predicted octanol–water partition coefficient (Wildman–Crippen LogP) is 7.50. The van der Waals surface area contributed by atoms with E-state index >= 15 is 0 Å². The Balaban J connectivity index is 1.56. The molecule has 0 N–H and O–H groups in total. The zero-order valence-electron chi connectivity index (χ0n) is 19.7. The van der Waals surface area contributed by atoms with Crippen LogP contribution < -0.4 is 5.46 Å². The summed E-state index contributed by atoms with van der Waals surface area (Å²) in [4.78, 5) is 0. The molecular formula is C30H26BO2S+. The second kappa shape index (κ2) is 7.74. The molecular weight excluding hydrogens is 435 g/mol. The summed E-state index contributed by atoms with van der Waals surface area (Å²) >= 11 is 1.85. The van der Waals surface area contributed by atoms with Crippen LogP contribution in [0.25, 0.3) is 42.4 Å². The Labute approximate surface area is 205 Å². The Kier molecular flexibility index (Phi) is 4.89. The summed E-state index contributed by atoms with van der Waals surface area (Å²) in [5.74, 6) is 0. The number of hydrogen-bond acceptors (Lipinski definition) is 3. The molecule has 1 saturated heterocycles. The van der Waals surface area contributed by atoms with E-state index in [4.69, 9.17) is 9.31 Å². The minimum absolute atomic E-state index is 0.471. The summed E-state index contributed by atoms with van der Waals surface area (Å²) < 4.78 is 15.3. The molecule has 1 unspecified atom stereocenters. The van der Waals surface area contributed by atoms with Crippen molar-refractivity contribution in [2.45, 2.75) is 32.0 Å². The fourth-order valence-corrected chi connectivity index (χ4v) is 5.88. The average Bonchev–Trinajstić information content (AvgIpc) is 3.32. The minimum atomic E-state index is -0.633. The number of thiophene rings is 1. The van der Waals surface area contributed by atoms with E-state index in [1.54, 1.807) is 0 Å². The first-order valence-electron chi connectivity index (χ1n) is 11.6. The molecule has 0 radical (unpaired) electrons. The molecule has 1 aliphatic heterocycles. The lowest BCUT2D eigenvalue weighted by atomic mass is 9.76. The maximum Gasteiger partial charge on any atom is 0.498 e. The zero-order valence-corrected chi connectivity index (χ0v) is 20.5. The smallest absolute Gasteiger partial charge is 0.395 e. The quantitative estimate of drug-likeness (QED) is 0.205. The van der Waals surface area contributed by atoms with Crippen LogP contribution >= 0.6 is 11.3 Å². The minimum Gasteiger partial charge on any atom is -0.395 e. The molecule has 2 nitrogen and oxygen atoms in total. The third kappa shape index (κ3) is 3.45. The third-order valence-electron chi connectivity index (χ3n) is 7.09. The molecule has 0 aliphatic carbocycles. The Morgan fingerprint density at radius 3 is 2.18 bits per heavy atom.